The van der Waals surface area contributed by atoms with Crippen LogP contribution in [-0.2, 0) is 13.0 Å². The van der Waals surface area contributed by atoms with E-state index in [9.17, 15) is 0 Å². The van der Waals surface area contributed by atoms with Crippen LogP contribution in [0, 0.1) is 5.92 Å². The van der Waals surface area contributed by atoms with Crippen LogP contribution in [0.3, 0.4) is 0 Å². The van der Waals surface area contributed by atoms with E-state index in [4.69, 9.17) is 9.63 Å². The summed E-state index contributed by atoms with van der Waals surface area (Å²) >= 11 is 0. The molecule has 3 aromatic rings. The molecule has 1 N–H and O–H groups in total. The molecular formula is C18H19N3O2. The van der Waals surface area contributed by atoms with Gasteiger partial charge in [0.2, 0.25) is 5.82 Å². The molecule has 2 aromatic heterocycles. The number of rotatable bonds is 5. The molecule has 0 spiro atoms. The van der Waals surface area contributed by atoms with Crippen LogP contribution in [0.2, 0.25) is 0 Å². The normalized spacial score (nSPS) is 11.1. The van der Waals surface area contributed by atoms with Crippen molar-refractivity contribution in [1.29, 1.82) is 0 Å². The van der Waals surface area contributed by atoms with Gasteiger partial charge in [-0.25, -0.2) is 0 Å². The minimum atomic E-state index is -0.0828. The van der Waals surface area contributed by atoms with Crippen LogP contribution in [0.4, 0.5) is 0 Å². The number of nitrogens with zero attached hydrogens (tertiary/aromatic N) is 3. The first kappa shape index (κ1) is 15.4. The minimum absolute atomic E-state index is 0.0828. The average Bonchev–Trinajstić information content (AvgIpc) is 3.05. The summed E-state index contributed by atoms with van der Waals surface area (Å²) in [5.41, 5.74) is 3.57. The van der Waals surface area contributed by atoms with Crippen molar-refractivity contribution in [2.75, 3.05) is 0 Å². The van der Waals surface area contributed by atoms with Gasteiger partial charge < -0.3 is 9.63 Å². The van der Waals surface area contributed by atoms with E-state index in [-0.39, 0.29) is 6.61 Å². The number of hydrogen-bond donors (Lipinski definition) is 1. The Labute approximate surface area is 135 Å². The quantitative estimate of drug-likeness (QED) is 0.781. The fraction of sp³-hybridized carbons (Fsp3) is 0.278. The molecule has 5 heteroatoms. The second-order valence-corrected chi connectivity index (χ2v) is 5.91. The van der Waals surface area contributed by atoms with Gasteiger partial charge in [-0.3, -0.25) is 4.98 Å². The molecule has 118 valence electrons. The van der Waals surface area contributed by atoms with Gasteiger partial charge in [0.05, 0.1) is 12.3 Å². The van der Waals surface area contributed by atoms with Crippen LogP contribution in [0.5, 0.6) is 0 Å². The monoisotopic (exact) mass is 309 g/mol. The van der Waals surface area contributed by atoms with Crippen molar-refractivity contribution in [2.24, 2.45) is 5.92 Å². The van der Waals surface area contributed by atoms with Crippen molar-refractivity contribution >= 4 is 0 Å². The van der Waals surface area contributed by atoms with E-state index in [2.05, 4.69) is 41.1 Å². The molecular weight excluding hydrogens is 290 g/mol. The Kier molecular flexibility index (Phi) is 4.48. The van der Waals surface area contributed by atoms with E-state index in [0.29, 0.717) is 23.3 Å². The highest BCUT2D eigenvalue weighted by atomic mass is 16.5. The molecule has 0 aliphatic rings. The molecule has 23 heavy (non-hydrogen) atoms. The summed E-state index contributed by atoms with van der Waals surface area (Å²) in [6.07, 6.45) is 2.68. The summed E-state index contributed by atoms with van der Waals surface area (Å²) in [5, 5.41) is 13.0. The predicted molar refractivity (Wildman–Crippen MR) is 87.4 cm³/mol. The Morgan fingerprint density at radius 3 is 2.39 bits per heavy atom. The van der Waals surface area contributed by atoms with Crippen LogP contribution in [0.25, 0.3) is 22.8 Å². The van der Waals surface area contributed by atoms with Crippen LogP contribution < -0.4 is 0 Å². The van der Waals surface area contributed by atoms with Crippen molar-refractivity contribution in [1.82, 2.24) is 15.1 Å². The number of aliphatic hydroxyl groups is 1. The third kappa shape index (κ3) is 3.63. The fourth-order valence-electron chi connectivity index (χ4n) is 2.36. The second-order valence-electron chi connectivity index (χ2n) is 5.91. The zero-order valence-corrected chi connectivity index (χ0v) is 13.2. The van der Waals surface area contributed by atoms with Crippen molar-refractivity contribution < 1.29 is 9.63 Å². The molecule has 0 saturated heterocycles. The lowest BCUT2D eigenvalue weighted by molar-refractivity contribution is 0.277. The van der Waals surface area contributed by atoms with E-state index in [0.717, 1.165) is 17.5 Å². The highest BCUT2D eigenvalue weighted by Gasteiger charge is 2.11. The smallest absolute Gasteiger partial charge is 0.258 e. The number of aromatic nitrogens is 3. The van der Waals surface area contributed by atoms with Gasteiger partial charge in [-0.15, -0.1) is 0 Å². The van der Waals surface area contributed by atoms with Crippen molar-refractivity contribution in [3.8, 4) is 22.8 Å². The first-order chi connectivity index (χ1) is 11.2. The van der Waals surface area contributed by atoms with Crippen LogP contribution in [-0.4, -0.2) is 20.2 Å². The van der Waals surface area contributed by atoms with E-state index in [1.807, 2.05) is 18.2 Å². The van der Waals surface area contributed by atoms with Crippen molar-refractivity contribution in [3.63, 3.8) is 0 Å². The predicted octanol–water partition coefficient (Wildman–Crippen LogP) is 3.49. The van der Waals surface area contributed by atoms with Gasteiger partial charge in [0.1, 0.15) is 0 Å². The summed E-state index contributed by atoms with van der Waals surface area (Å²) in [4.78, 5) is 8.54. The van der Waals surface area contributed by atoms with Gasteiger partial charge in [0.25, 0.3) is 5.89 Å². The molecule has 0 aliphatic carbocycles. The number of hydrogen-bond acceptors (Lipinski definition) is 5. The van der Waals surface area contributed by atoms with Gasteiger partial charge in [-0.2, -0.15) is 4.98 Å². The highest BCUT2D eigenvalue weighted by Crippen LogP contribution is 2.22. The molecule has 0 aliphatic heterocycles. The molecule has 0 unspecified atom stereocenters. The molecule has 0 amide bonds. The largest absolute Gasteiger partial charge is 0.390 e. The Balaban J connectivity index is 1.80. The number of pyridine rings is 1. The SMILES string of the molecule is CC(C)Cc1ccc(-c2nc(-c3ccc(CO)nc3)no2)cc1. The molecule has 0 bridgehead atoms. The zero-order valence-electron chi connectivity index (χ0n) is 13.2. The molecule has 0 fully saturated rings. The Hall–Kier alpha value is -2.53. The van der Waals surface area contributed by atoms with E-state index in [1.54, 1.807) is 12.3 Å². The van der Waals surface area contributed by atoms with Crippen molar-refractivity contribution in [2.45, 2.75) is 26.9 Å². The van der Waals surface area contributed by atoms with E-state index < -0.39 is 0 Å². The van der Waals surface area contributed by atoms with Crippen molar-refractivity contribution in [3.05, 3.63) is 53.9 Å². The summed E-state index contributed by atoms with van der Waals surface area (Å²) < 4.78 is 5.34. The van der Waals surface area contributed by atoms with Gasteiger partial charge in [0, 0.05) is 17.3 Å². The summed E-state index contributed by atoms with van der Waals surface area (Å²) in [7, 11) is 0. The second kappa shape index (κ2) is 6.71. The summed E-state index contributed by atoms with van der Waals surface area (Å²) in [5.74, 6) is 1.61. The third-order valence-electron chi connectivity index (χ3n) is 3.52. The number of benzene rings is 1. The van der Waals surface area contributed by atoms with Gasteiger partial charge >= 0.3 is 0 Å². The van der Waals surface area contributed by atoms with Gasteiger partial charge in [-0.05, 0) is 42.2 Å². The third-order valence-corrected chi connectivity index (χ3v) is 3.52. The van der Waals surface area contributed by atoms with E-state index in [1.165, 1.54) is 5.56 Å². The van der Waals surface area contributed by atoms with Crippen LogP contribution in [0.15, 0.2) is 47.1 Å². The maximum absolute atomic E-state index is 9.02. The maximum atomic E-state index is 9.02. The Morgan fingerprint density at radius 1 is 1.04 bits per heavy atom. The molecule has 2 heterocycles. The summed E-state index contributed by atoms with van der Waals surface area (Å²) in [6.45, 7) is 4.32. The summed E-state index contributed by atoms with van der Waals surface area (Å²) in [6, 6.07) is 11.8. The van der Waals surface area contributed by atoms with Crippen LogP contribution >= 0.6 is 0 Å². The van der Waals surface area contributed by atoms with Gasteiger partial charge in [-0.1, -0.05) is 31.1 Å². The van der Waals surface area contributed by atoms with Gasteiger partial charge in [0.15, 0.2) is 0 Å². The standard InChI is InChI=1S/C18H19N3O2/c1-12(2)9-13-3-5-14(6-4-13)18-20-17(21-23-18)15-7-8-16(11-22)19-10-15/h3-8,10,12,22H,9,11H2,1-2H3. The lowest BCUT2D eigenvalue weighted by atomic mass is 10.0. The molecule has 0 saturated carbocycles. The molecule has 3 rings (SSSR count). The first-order valence-electron chi connectivity index (χ1n) is 7.65. The lowest BCUT2D eigenvalue weighted by Gasteiger charge is -2.04. The average molecular weight is 309 g/mol. The Morgan fingerprint density at radius 2 is 1.78 bits per heavy atom. The van der Waals surface area contributed by atoms with Crippen LogP contribution in [0.1, 0.15) is 25.1 Å². The molecule has 0 radical (unpaired) electrons. The molecule has 5 nitrogen and oxygen atoms in total. The zero-order chi connectivity index (χ0) is 16.2. The fourth-order valence-corrected chi connectivity index (χ4v) is 2.36. The highest BCUT2D eigenvalue weighted by molar-refractivity contribution is 5.59. The number of aliphatic hydroxyl groups excluding tert-OH is 1. The molecule has 1 aromatic carbocycles. The maximum Gasteiger partial charge on any atom is 0.258 e. The Bertz CT molecular complexity index is 762. The topological polar surface area (TPSA) is 72.0 Å². The van der Waals surface area contributed by atoms with E-state index >= 15 is 0 Å². The first-order valence-corrected chi connectivity index (χ1v) is 7.65. The minimum Gasteiger partial charge on any atom is -0.390 e. The lowest BCUT2D eigenvalue weighted by Crippen LogP contribution is -1.93. The molecule has 0 atom stereocenters.